The van der Waals surface area contributed by atoms with Crippen molar-refractivity contribution < 1.29 is 22.7 Å². The van der Waals surface area contributed by atoms with Crippen LogP contribution in [0.2, 0.25) is 0 Å². The first-order valence-electron chi connectivity index (χ1n) is 6.75. The normalized spacial score (nSPS) is 22.5. The Morgan fingerprint density at radius 3 is 2.60 bits per heavy atom. The summed E-state index contributed by atoms with van der Waals surface area (Å²) >= 11 is 0. The molecular formula is C12H22N2O5S. The van der Waals surface area contributed by atoms with E-state index in [2.05, 4.69) is 14.8 Å². The second kappa shape index (κ2) is 7.58. The fraction of sp³-hybridized carbons (Fsp3) is 0.833. The van der Waals surface area contributed by atoms with Crippen LogP contribution < -0.4 is 10.0 Å². The van der Waals surface area contributed by atoms with Crippen LogP contribution >= 0.6 is 0 Å². The number of methoxy groups -OCH3 is 1. The van der Waals surface area contributed by atoms with Crippen molar-refractivity contribution >= 4 is 21.9 Å². The number of sulfonamides is 1. The van der Waals surface area contributed by atoms with E-state index in [-0.39, 0.29) is 18.9 Å². The molecule has 0 bridgehead atoms. The van der Waals surface area contributed by atoms with Crippen LogP contribution in [0, 0.1) is 5.92 Å². The van der Waals surface area contributed by atoms with E-state index in [9.17, 15) is 18.0 Å². The van der Waals surface area contributed by atoms with E-state index in [1.54, 1.807) is 6.92 Å². The van der Waals surface area contributed by atoms with E-state index >= 15 is 0 Å². The Hall–Kier alpha value is -1.15. The lowest BCUT2D eigenvalue weighted by molar-refractivity contribution is -0.145. The van der Waals surface area contributed by atoms with Crippen LogP contribution in [0.15, 0.2) is 0 Å². The maximum absolute atomic E-state index is 12.2. The van der Waals surface area contributed by atoms with Crippen molar-refractivity contribution in [2.45, 2.75) is 37.9 Å². The smallest absolute Gasteiger partial charge is 0.310 e. The minimum Gasteiger partial charge on any atom is -0.469 e. The molecule has 1 saturated carbocycles. The average Bonchev–Trinajstić information content (AvgIpc) is 2.88. The van der Waals surface area contributed by atoms with Crippen molar-refractivity contribution in [2.75, 3.05) is 20.2 Å². The highest BCUT2D eigenvalue weighted by molar-refractivity contribution is 7.90. The average molecular weight is 306 g/mol. The molecule has 2 atom stereocenters. The summed E-state index contributed by atoms with van der Waals surface area (Å²) in [7, 11) is -2.35. The van der Waals surface area contributed by atoms with Gasteiger partial charge in [0, 0.05) is 19.5 Å². The predicted octanol–water partition coefficient (Wildman–Crippen LogP) is -0.226. The van der Waals surface area contributed by atoms with Gasteiger partial charge in [0.15, 0.2) is 0 Å². The lowest BCUT2D eigenvalue weighted by Gasteiger charge is -2.18. The Morgan fingerprint density at radius 2 is 2.00 bits per heavy atom. The monoisotopic (exact) mass is 306 g/mol. The van der Waals surface area contributed by atoms with Gasteiger partial charge in [0.25, 0.3) is 0 Å². The molecular weight excluding hydrogens is 284 g/mol. The predicted molar refractivity (Wildman–Crippen MR) is 73.4 cm³/mol. The molecule has 2 unspecified atom stereocenters. The van der Waals surface area contributed by atoms with Gasteiger partial charge in [0.1, 0.15) is 0 Å². The largest absolute Gasteiger partial charge is 0.469 e. The highest BCUT2D eigenvalue weighted by Crippen LogP contribution is 2.31. The van der Waals surface area contributed by atoms with Crippen molar-refractivity contribution in [3.05, 3.63) is 0 Å². The van der Waals surface area contributed by atoms with Crippen molar-refractivity contribution in [1.29, 1.82) is 0 Å². The standard InChI is InChI=1S/C12H22N2O5S/c1-3-13-11(15)7-8-14-20(17,18)10-6-4-5-9(10)12(16)19-2/h9-10,14H,3-8H2,1-2H3,(H,13,15). The van der Waals surface area contributed by atoms with Gasteiger partial charge in [0.2, 0.25) is 15.9 Å². The second-order valence-corrected chi connectivity index (χ2v) is 6.73. The number of amides is 1. The van der Waals surface area contributed by atoms with Gasteiger partial charge in [-0.05, 0) is 19.8 Å². The van der Waals surface area contributed by atoms with Crippen LogP contribution in [0.5, 0.6) is 0 Å². The van der Waals surface area contributed by atoms with Crippen molar-refractivity contribution in [1.82, 2.24) is 10.0 Å². The first kappa shape index (κ1) is 16.9. The molecule has 7 nitrogen and oxygen atoms in total. The summed E-state index contributed by atoms with van der Waals surface area (Å²) in [5, 5.41) is 1.83. The number of carbonyl (C=O) groups excluding carboxylic acids is 2. The van der Waals surface area contributed by atoms with Crippen LogP contribution in [-0.4, -0.2) is 45.7 Å². The van der Waals surface area contributed by atoms with E-state index < -0.39 is 27.2 Å². The number of rotatable bonds is 7. The van der Waals surface area contributed by atoms with Gasteiger partial charge in [-0.1, -0.05) is 6.42 Å². The van der Waals surface area contributed by atoms with E-state index in [4.69, 9.17) is 0 Å². The first-order valence-corrected chi connectivity index (χ1v) is 8.30. The molecule has 1 amide bonds. The highest BCUT2D eigenvalue weighted by Gasteiger charge is 2.41. The van der Waals surface area contributed by atoms with E-state index in [0.29, 0.717) is 25.8 Å². The molecule has 0 aromatic rings. The maximum atomic E-state index is 12.2. The van der Waals surface area contributed by atoms with Crippen LogP contribution in [0.3, 0.4) is 0 Å². The number of ether oxygens (including phenoxy) is 1. The van der Waals surface area contributed by atoms with Gasteiger partial charge in [-0.25, -0.2) is 13.1 Å². The number of hydrogen-bond acceptors (Lipinski definition) is 5. The molecule has 0 aromatic heterocycles. The molecule has 2 N–H and O–H groups in total. The minimum atomic E-state index is -3.61. The number of hydrogen-bond donors (Lipinski definition) is 2. The van der Waals surface area contributed by atoms with Crippen molar-refractivity contribution in [3.8, 4) is 0 Å². The van der Waals surface area contributed by atoms with Gasteiger partial charge in [0.05, 0.1) is 18.3 Å². The molecule has 116 valence electrons. The molecule has 1 aliphatic rings. The summed E-state index contributed by atoms with van der Waals surface area (Å²) in [6.07, 6.45) is 1.73. The summed E-state index contributed by atoms with van der Waals surface area (Å²) in [5.74, 6) is -1.30. The fourth-order valence-corrected chi connectivity index (χ4v) is 4.18. The Bertz CT molecular complexity index is 449. The van der Waals surface area contributed by atoms with E-state index in [1.165, 1.54) is 7.11 Å². The molecule has 0 spiro atoms. The zero-order valence-corrected chi connectivity index (χ0v) is 12.7. The first-order chi connectivity index (χ1) is 9.42. The number of esters is 1. The molecule has 0 heterocycles. The van der Waals surface area contributed by atoms with Gasteiger partial charge >= 0.3 is 5.97 Å². The molecule has 1 rings (SSSR count). The molecule has 0 aromatic carbocycles. The molecule has 0 radical (unpaired) electrons. The third kappa shape index (κ3) is 4.45. The van der Waals surface area contributed by atoms with Crippen molar-refractivity contribution in [3.63, 3.8) is 0 Å². The Morgan fingerprint density at radius 1 is 1.30 bits per heavy atom. The Balaban J connectivity index is 2.55. The Labute approximate surface area is 119 Å². The van der Waals surface area contributed by atoms with Gasteiger partial charge < -0.3 is 10.1 Å². The fourth-order valence-electron chi connectivity index (χ4n) is 2.42. The summed E-state index contributed by atoms with van der Waals surface area (Å²) < 4.78 is 31.3. The molecule has 1 aliphatic carbocycles. The third-order valence-corrected chi connectivity index (χ3v) is 5.35. The third-order valence-electron chi connectivity index (χ3n) is 3.38. The quantitative estimate of drug-likeness (QED) is 0.633. The number of nitrogens with one attached hydrogen (secondary N) is 2. The SMILES string of the molecule is CCNC(=O)CCNS(=O)(=O)C1CCCC1C(=O)OC. The zero-order valence-electron chi connectivity index (χ0n) is 11.8. The summed E-state index contributed by atoms with van der Waals surface area (Å²) in [4.78, 5) is 22.8. The van der Waals surface area contributed by atoms with Crippen LogP contribution in [0.25, 0.3) is 0 Å². The Kier molecular flexibility index (Phi) is 6.41. The number of carbonyl (C=O) groups is 2. The van der Waals surface area contributed by atoms with E-state index in [1.807, 2.05) is 0 Å². The lowest BCUT2D eigenvalue weighted by Crippen LogP contribution is -2.40. The molecule has 8 heteroatoms. The molecule has 0 aliphatic heterocycles. The molecule has 1 fully saturated rings. The van der Waals surface area contributed by atoms with Crippen LogP contribution in [-0.2, 0) is 24.3 Å². The summed E-state index contributed by atoms with van der Waals surface area (Å²) in [6, 6.07) is 0. The molecule has 20 heavy (non-hydrogen) atoms. The topological polar surface area (TPSA) is 102 Å². The summed E-state index contributed by atoms with van der Waals surface area (Å²) in [6.45, 7) is 2.35. The second-order valence-electron chi connectivity index (χ2n) is 4.74. The van der Waals surface area contributed by atoms with Crippen LogP contribution in [0.4, 0.5) is 0 Å². The van der Waals surface area contributed by atoms with Crippen molar-refractivity contribution in [2.24, 2.45) is 5.92 Å². The van der Waals surface area contributed by atoms with E-state index in [0.717, 1.165) is 0 Å². The highest BCUT2D eigenvalue weighted by atomic mass is 32.2. The van der Waals surface area contributed by atoms with Gasteiger partial charge in [-0.2, -0.15) is 0 Å². The summed E-state index contributed by atoms with van der Waals surface area (Å²) in [5.41, 5.74) is 0. The minimum absolute atomic E-state index is 0.0402. The lowest BCUT2D eigenvalue weighted by atomic mass is 10.1. The zero-order chi connectivity index (χ0) is 15.2. The maximum Gasteiger partial charge on any atom is 0.310 e. The van der Waals surface area contributed by atoms with Crippen LogP contribution in [0.1, 0.15) is 32.6 Å². The van der Waals surface area contributed by atoms with Gasteiger partial charge in [-0.3, -0.25) is 9.59 Å². The van der Waals surface area contributed by atoms with Gasteiger partial charge in [-0.15, -0.1) is 0 Å². The molecule has 0 saturated heterocycles.